The fourth-order valence-corrected chi connectivity index (χ4v) is 4.23. The van der Waals surface area contributed by atoms with Gasteiger partial charge in [0.1, 0.15) is 12.4 Å². The molecule has 0 spiro atoms. The van der Waals surface area contributed by atoms with E-state index in [-0.39, 0.29) is 6.10 Å². The van der Waals surface area contributed by atoms with Crippen LogP contribution in [0.3, 0.4) is 0 Å². The van der Waals surface area contributed by atoms with Crippen LogP contribution in [0.1, 0.15) is 29.9 Å². The van der Waals surface area contributed by atoms with Crippen LogP contribution >= 0.6 is 0 Å². The van der Waals surface area contributed by atoms with Crippen molar-refractivity contribution in [3.8, 4) is 0 Å². The van der Waals surface area contributed by atoms with Crippen molar-refractivity contribution < 1.29 is 9.78 Å². The van der Waals surface area contributed by atoms with Crippen molar-refractivity contribution in [3.63, 3.8) is 0 Å². The lowest BCUT2D eigenvalue weighted by atomic mass is 9.77. The van der Waals surface area contributed by atoms with Crippen molar-refractivity contribution in [2.24, 2.45) is 0 Å². The van der Waals surface area contributed by atoms with E-state index in [9.17, 15) is 0 Å². The number of fused-ring (bicyclic) bond motifs is 5. The van der Waals surface area contributed by atoms with Crippen LogP contribution in [0.25, 0.3) is 21.5 Å². The number of hydrogen-bond acceptors (Lipinski definition) is 2. The van der Waals surface area contributed by atoms with Gasteiger partial charge < -0.3 is 4.89 Å². The van der Waals surface area contributed by atoms with E-state index >= 15 is 0 Å². The molecular formula is C21H18O2. The Balaban J connectivity index is 1.74. The van der Waals surface area contributed by atoms with Crippen LogP contribution in [-0.2, 0) is 16.2 Å². The first-order valence-electron chi connectivity index (χ1n) is 8.34. The van der Waals surface area contributed by atoms with Gasteiger partial charge in [0.05, 0.1) is 0 Å². The summed E-state index contributed by atoms with van der Waals surface area (Å²) in [6, 6.07) is 17.8. The Morgan fingerprint density at radius 1 is 0.870 bits per heavy atom. The Hall–Kier alpha value is -2.32. The van der Waals surface area contributed by atoms with E-state index in [1.807, 2.05) is 6.08 Å². The summed E-state index contributed by atoms with van der Waals surface area (Å²) < 4.78 is 0. The Labute approximate surface area is 135 Å². The minimum atomic E-state index is 0.0481. The quantitative estimate of drug-likeness (QED) is 0.451. The van der Waals surface area contributed by atoms with Gasteiger partial charge in [0.15, 0.2) is 0 Å². The third-order valence-corrected chi connectivity index (χ3v) is 5.30. The van der Waals surface area contributed by atoms with Crippen LogP contribution in [-0.4, -0.2) is 6.10 Å². The third kappa shape index (κ3) is 1.98. The second-order valence-electron chi connectivity index (χ2n) is 6.50. The summed E-state index contributed by atoms with van der Waals surface area (Å²) in [4.78, 5) is 10.4. The van der Waals surface area contributed by atoms with Gasteiger partial charge in [-0.25, -0.2) is 0 Å². The highest BCUT2D eigenvalue weighted by atomic mass is 17.2. The second-order valence-corrected chi connectivity index (χ2v) is 6.50. The van der Waals surface area contributed by atoms with Crippen molar-refractivity contribution in [1.29, 1.82) is 0 Å². The first kappa shape index (κ1) is 13.1. The standard InChI is InChI=1S/C21H18O2/c1-2-5-15-14(4-1)8-9-18-16-6-3-7-20(21-12-13-22-23-21)19(16)11-10-17(15)18/h1-2,4-5,8-13,20-21H,3,6-7H2. The minimum Gasteiger partial charge on any atom is -0.345 e. The molecule has 2 nitrogen and oxygen atoms in total. The van der Waals surface area contributed by atoms with Crippen LogP contribution in [0.15, 0.2) is 60.9 Å². The smallest absolute Gasteiger partial charge is 0.133 e. The molecule has 0 bridgehead atoms. The SMILES string of the molecule is C1=CC(C2CCCc3c2ccc2c3ccc3ccccc32)OO1. The zero-order valence-corrected chi connectivity index (χ0v) is 12.9. The molecule has 5 rings (SSSR count). The molecule has 1 heterocycles. The van der Waals surface area contributed by atoms with Gasteiger partial charge in [-0.15, -0.1) is 0 Å². The van der Waals surface area contributed by atoms with E-state index in [1.165, 1.54) is 39.1 Å². The average Bonchev–Trinajstić information content (AvgIpc) is 3.15. The van der Waals surface area contributed by atoms with E-state index in [2.05, 4.69) is 48.5 Å². The Kier molecular flexibility index (Phi) is 2.92. The van der Waals surface area contributed by atoms with E-state index in [0.29, 0.717) is 5.92 Å². The average molecular weight is 302 g/mol. The molecule has 0 amide bonds. The number of benzene rings is 3. The number of hydrogen-bond donors (Lipinski definition) is 0. The van der Waals surface area contributed by atoms with Crippen LogP contribution < -0.4 is 0 Å². The predicted molar refractivity (Wildman–Crippen MR) is 92.2 cm³/mol. The topological polar surface area (TPSA) is 18.5 Å². The summed E-state index contributed by atoms with van der Waals surface area (Å²) in [6.45, 7) is 0. The van der Waals surface area contributed by atoms with Crippen molar-refractivity contribution in [1.82, 2.24) is 0 Å². The lowest BCUT2D eigenvalue weighted by molar-refractivity contribution is -0.257. The molecule has 2 aliphatic rings. The van der Waals surface area contributed by atoms with Gasteiger partial charge in [0.25, 0.3) is 0 Å². The van der Waals surface area contributed by atoms with Gasteiger partial charge in [-0.1, -0.05) is 48.5 Å². The van der Waals surface area contributed by atoms with E-state index < -0.39 is 0 Å². The summed E-state index contributed by atoms with van der Waals surface area (Å²) in [5.74, 6) is 0.397. The van der Waals surface area contributed by atoms with Crippen molar-refractivity contribution in [2.45, 2.75) is 31.3 Å². The highest BCUT2D eigenvalue weighted by Crippen LogP contribution is 2.41. The van der Waals surface area contributed by atoms with Crippen LogP contribution in [0.4, 0.5) is 0 Å². The van der Waals surface area contributed by atoms with Gasteiger partial charge in [-0.2, -0.15) is 4.89 Å². The summed E-state index contributed by atoms with van der Waals surface area (Å²) in [6.07, 6.45) is 7.25. The molecule has 0 saturated carbocycles. The fourth-order valence-electron chi connectivity index (χ4n) is 4.23. The molecule has 2 unspecified atom stereocenters. The summed E-state index contributed by atoms with van der Waals surface area (Å²) in [5.41, 5.74) is 2.92. The fraction of sp³-hybridized carbons (Fsp3) is 0.238. The molecule has 0 saturated heterocycles. The van der Waals surface area contributed by atoms with E-state index in [4.69, 9.17) is 9.78 Å². The van der Waals surface area contributed by atoms with Gasteiger partial charge in [-0.05, 0) is 58.0 Å². The van der Waals surface area contributed by atoms with Crippen molar-refractivity contribution in [3.05, 3.63) is 72.0 Å². The molecule has 2 heteroatoms. The normalized spacial score (nSPS) is 23.1. The molecule has 2 atom stereocenters. The zero-order valence-electron chi connectivity index (χ0n) is 12.9. The molecule has 3 aromatic rings. The monoisotopic (exact) mass is 302 g/mol. The second kappa shape index (κ2) is 5.10. The largest absolute Gasteiger partial charge is 0.345 e. The van der Waals surface area contributed by atoms with Crippen molar-refractivity contribution >= 4 is 21.5 Å². The van der Waals surface area contributed by atoms with Gasteiger partial charge in [0, 0.05) is 5.92 Å². The Morgan fingerprint density at radius 2 is 1.78 bits per heavy atom. The van der Waals surface area contributed by atoms with Crippen LogP contribution in [0.5, 0.6) is 0 Å². The molecule has 0 radical (unpaired) electrons. The molecule has 1 aliphatic carbocycles. The van der Waals surface area contributed by atoms with Gasteiger partial charge >= 0.3 is 0 Å². The molecule has 23 heavy (non-hydrogen) atoms. The predicted octanol–water partition coefficient (Wildman–Crippen LogP) is 5.26. The van der Waals surface area contributed by atoms with Crippen LogP contribution in [0.2, 0.25) is 0 Å². The highest BCUT2D eigenvalue weighted by molar-refractivity contribution is 6.08. The van der Waals surface area contributed by atoms with Crippen molar-refractivity contribution in [2.75, 3.05) is 0 Å². The lowest BCUT2D eigenvalue weighted by Crippen LogP contribution is -2.21. The Morgan fingerprint density at radius 3 is 2.70 bits per heavy atom. The molecule has 3 aromatic carbocycles. The molecule has 0 fully saturated rings. The van der Waals surface area contributed by atoms with Crippen LogP contribution in [0, 0.1) is 0 Å². The Bertz CT molecular complexity index is 926. The molecule has 0 N–H and O–H groups in total. The minimum absolute atomic E-state index is 0.0481. The van der Waals surface area contributed by atoms with Gasteiger partial charge in [0.2, 0.25) is 0 Å². The maximum absolute atomic E-state index is 5.42. The molecule has 1 aliphatic heterocycles. The molecule has 0 aromatic heterocycles. The van der Waals surface area contributed by atoms with E-state index in [0.717, 1.165) is 12.8 Å². The zero-order chi connectivity index (χ0) is 15.2. The maximum atomic E-state index is 5.42. The summed E-state index contributed by atoms with van der Waals surface area (Å²) in [5, 5.41) is 5.41. The highest BCUT2D eigenvalue weighted by Gasteiger charge is 2.31. The summed E-state index contributed by atoms with van der Waals surface area (Å²) >= 11 is 0. The lowest BCUT2D eigenvalue weighted by Gasteiger charge is -2.29. The first-order chi connectivity index (χ1) is 11.4. The number of aryl methyl sites for hydroxylation is 1. The number of rotatable bonds is 1. The maximum Gasteiger partial charge on any atom is 0.133 e. The summed E-state index contributed by atoms with van der Waals surface area (Å²) in [7, 11) is 0. The molecular weight excluding hydrogens is 284 g/mol. The molecule has 114 valence electrons. The van der Waals surface area contributed by atoms with Gasteiger partial charge in [-0.3, -0.25) is 0 Å². The van der Waals surface area contributed by atoms with E-state index in [1.54, 1.807) is 6.26 Å². The third-order valence-electron chi connectivity index (χ3n) is 5.30. The first-order valence-corrected chi connectivity index (χ1v) is 8.34.